The Hall–Kier alpha value is -3.29. The van der Waals surface area contributed by atoms with Gasteiger partial charge in [0.05, 0.1) is 11.9 Å². The van der Waals surface area contributed by atoms with E-state index in [1.54, 1.807) is 35.5 Å². The summed E-state index contributed by atoms with van der Waals surface area (Å²) in [5.41, 5.74) is 3.34. The van der Waals surface area contributed by atoms with Gasteiger partial charge in [-0.05, 0) is 31.0 Å². The number of carbonyl (C=O) groups is 1. The third-order valence-electron chi connectivity index (χ3n) is 4.71. The van der Waals surface area contributed by atoms with Crippen LogP contribution in [0.2, 0.25) is 0 Å². The Kier molecular flexibility index (Phi) is 4.53. The van der Waals surface area contributed by atoms with Gasteiger partial charge in [-0.2, -0.15) is 5.10 Å². The number of hydrogen-bond donors (Lipinski definition) is 1. The summed E-state index contributed by atoms with van der Waals surface area (Å²) < 4.78 is 1.75. The minimum atomic E-state index is -0.0632. The summed E-state index contributed by atoms with van der Waals surface area (Å²) in [6.07, 6.45) is 9.67. The van der Waals surface area contributed by atoms with Crippen LogP contribution >= 0.6 is 0 Å². The van der Waals surface area contributed by atoms with E-state index in [-0.39, 0.29) is 11.9 Å². The summed E-state index contributed by atoms with van der Waals surface area (Å²) in [6, 6.07) is 3.69. The first kappa shape index (κ1) is 17.1. The summed E-state index contributed by atoms with van der Waals surface area (Å²) in [5.74, 6) is 0.611. The molecule has 1 fully saturated rings. The highest BCUT2D eigenvalue weighted by Gasteiger charge is 2.26. The van der Waals surface area contributed by atoms with Gasteiger partial charge < -0.3 is 10.2 Å². The standard InChI is InChI=1S/C19H21N7O/c1-13-9-20-6-3-16(13)18(27)23-15-5-8-26(12-15)19-21-7-4-17(24-19)14-10-22-25(2)11-14/h3-4,6-7,9-11,15H,5,8,12H2,1-2H3,(H,23,27). The van der Waals surface area contributed by atoms with Gasteiger partial charge in [-0.25, -0.2) is 9.97 Å². The van der Waals surface area contributed by atoms with Gasteiger partial charge in [0.25, 0.3) is 5.91 Å². The maximum absolute atomic E-state index is 12.5. The summed E-state index contributed by atoms with van der Waals surface area (Å²) in [6.45, 7) is 3.38. The minimum Gasteiger partial charge on any atom is -0.347 e. The lowest BCUT2D eigenvalue weighted by Gasteiger charge is -2.17. The highest BCUT2D eigenvalue weighted by atomic mass is 16.1. The molecule has 138 valence electrons. The molecule has 0 aromatic carbocycles. The summed E-state index contributed by atoms with van der Waals surface area (Å²) >= 11 is 0. The quantitative estimate of drug-likeness (QED) is 0.757. The Bertz CT molecular complexity index is 968. The summed E-state index contributed by atoms with van der Waals surface area (Å²) in [5, 5.41) is 7.30. The van der Waals surface area contributed by atoms with E-state index >= 15 is 0 Å². The third-order valence-corrected chi connectivity index (χ3v) is 4.71. The van der Waals surface area contributed by atoms with Crippen molar-refractivity contribution in [2.75, 3.05) is 18.0 Å². The molecule has 1 aliphatic heterocycles. The first-order valence-electron chi connectivity index (χ1n) is 8.88. The Balaban J connectivity index is 1.44. The number of anilines is 1. The Morgan fingerprint density at radius 2 is 2.15 bits per heavy atom. The average Bonchev–Trinajstić information content (AvgIpc) is 3.31. The number of rotatable bonds is 4. The van der Waals surface area contributed by atoms with Crippen LogP contribution in [0.4, 0.5) is 5.95 Å². The molecule has 0 bridgehead atoms. The fraction of sp³-hybridized carbons (Fsp3) is 0.316. The van der Waals surface area contributed by atoms with E-state index in [2.05, 4.69) is 30.3 Å². The number of amides is 1. The molecule has 1 atom stereocenters. The number of aryl methyl sites for hydroxylation is 2. The molecule has 0 saturated carbocycles. The molecule has 1 saturated heterocycles. The molecule has 0 radical (unpaired) electrons. The maximum Gasteiger partial charge on any atom is 0.251 e. The molecule has 1 aliphatic rings. The molecular weight excluding hydrogens is 342 g/mol. The Morgan fingerprint density at radius 3 is 2.93 bits per heavy atom. The van der Waals surface area contributed by atoms with Gasteiger partial charge in [-0.1, -0.05) is 0 Å². The van der Waals surface area contributed by atoms with Crippen LogP contribution in [0.1, 0.15) is 22.3 Å². The lowest BCUT2D eigenvalue weighted by atomic mass is 10.1. The zero-order valence-corrected chi connectivity index (χ0v) is 15.3. The summed E-state index contributed by atoms with van der Waals surface area (Å²) in [4.78, 5) is 27.7. The fourth-order valence-electron chi connectivity index (χ4n) is 3.27. The number of carbonyl (C=O) groups excluding carboxylic acids is 1. The van der Waals surface area contributed by atoms with Crippen molar-refractivity contribution < 1.29 is 4.79 Å². The van der Waals surface area contributed by atoms with E-state index in [1.165, 1.54) is 0 Å². The number of nitrogens with zero attached hydrogens (tertiary/aromatic N) is 6. The van der Waals surface area contributed by atoms with E-state index in [4.69, 9.17) is 0 Å². The van der Waals surface area contributed by atoms with Crippen LogP contribution in [0.3, 0.4) is 0 Å². The molecule has 4 rings (SSSR count). The first-order chi connectivity index (χ1) is 13.1. The number of aromatic nitrogens is 5. The van der Waals surface area contributed by atoms with Crippen LogP contribution in [-0.4, -0.2) is 49.8 Å². The monoisotopic (exact) mass is 363 g/mol. The van der Waals surface area contributed by atoms with Gasteiger partial charge in [-0.3, -0.25) is 14.5 Å². The smallest absolute Gasteiger partial charge is 0.251 e. The second kappa shape index (κ2) is 7.14. The second-order valence-corrected chi connectivity index (χ2v) is 6.74. The van der Waals surface area contributed by atoms with Crippen molar-refractivity contribution in [2.45, 2.75) is 19.4 Å². The largest absolute Gasteiger partial charge is 0.347 e. The Labute approximate surface area is 157 Å². The van der Waals surface area contributed by atoms with Crippen molar-refractivity contribution >= 4 is 11.9 Å². The van der Waals surface area contributed by atoms with Crippen molar-refractivity contribution in [3.63, 3.8) is 0 Å². The molecule has 8 heteroatoms. The Morgan fingerprint density at radius 1 is 1.26 bits per heavy atom. The highest BCUT2D eigenvalue weighted by Crippen LogP contribution is 2.21. The third kappa shape index (κ3) is 3.64. The predicted molar refractivity (Wildman–Crippen MR) is 101 cm³/mol. The topological polar surface area (TPSA) is 88.8 Å². The molecule has 3 aromatic rings. The average molecular weight is 363 g/mol. The van der Waals surface area contributed by atoms with Crippen LogP contribution in [-0.2, 0) is 7.05 Å². The molecular formula is C19H21N7O. The lowest BCUT2D eigenvalue weighted by Crippen LogP contribution is -2.37. The SMILES string of the molecule is Cc1cnccc1C(=O)NC1CCN(c2nccc(-c3cnn(C)c3)n2)C1. The molecule has 1 N–H and O–H groups in total. The number of nitrogens with one attached hydrogen (secondary N) is 1. The van der Waals surface area contributed by atoms with Gasteiger partial charge in [0.2, 0.25) is 5.95 Å². The zero-order valence-electron chi connectivity index (χ0n) is 15.3. The van der Waals surface area contributed by atoms with Gasteiger partial charge in [-0.15, -0.1) is 0 Å². The number of pyridine rings is 1. The van der Waals surface area contributed by atoms with Crippen molar-refractivity contribution in [1.29, 1.82) is 0 Å². The molecule has 8 nitrogen and oxygen atoms in total. The highest BCUT2D eigenvalue weighted by molar-refractivity contribution is 5.95. The number of hydrogen-bond acceptors (Lipinski definition) is 6. The van der Waals surface area contributed by atoms with Gasteiger partial charge >= 0.3 is 0 Å². The first-order valence-corrected chi connectivity index (χ1v) is 8.88. The molecule has 4 heterocycles. The molecule has 0 aliphatic carbocycles. The minimum absolute atomic E-state index is 0.0632. The molecule has 1 unspecified atom stereocenters. The van der Waals surface area contributed by atoms with Crippen LogP contribution < -0.4 is 10.2 Å². The second-order valence-electron chi connectivity index (χ2n) is 6.74. The normalized spacial score (nSPS) is 16.5. The molecule has 1 amide bonds. The van der Waals surface area contributed by atoms with Gasteiger partial charge in [0.1, 0.15) is 0 Å². The molecule has 3 aromatic heterocycles. The van der Waals surface area contributed by atoms with Crippen molar-refractivity contribution in [3.05, 3.63) is 54.2 Å². The van der Waals surface area contributed by atoms with E-state index in [9.17, 15) is 4.79 Å². The molecule has 27 heavy (non-hydrogen) atoms. The van der Waals surface area contributed by atoms with Crippen molar-refractivity contribution in [2.24, 2.45) is 7.05 Å². The van der Waals surface area contributed by atoms with Gasteiger partial charge in [0, 0.05) is 62.1 Å². The van der Waals surface area contributed by atoms with Crippen LogP contribution in [0, 0.1) is 6.92 Å². The lowest BCUT2D eigenvalue weighted by molar-refractivity contribution is 0.0939. The van der Waals surface area contributed by atoms with Crippen LogP contribution in [0.25, 0.3) is 11.3 Å². The summed E-state index contributed by atoms with van der Waals surface area (Å²) in [7, 11) is 1.88. The maximum atomic E-state index is 12.5. The van der Waals surface area contributed by atoms with E-state index in [1.807, 2.05) is 26.2 Å². The zero-order chi connectivity index (χ0) is 18.8. The molecule has 0 spiro atoms. The van der Waals surface area contributed by atoms with Gasteiger partial charge in [0.15, 0.2) is 0 Å². The van der Waals surface area contributed by atoms with Crippen LogP contribution in [0.5, 0.6) is 0 Å². The van der Waals surface area contributed by atoms with Crippen LogP contribution in [0.15, 0.2) is 43.1 Å². The van der Waals surface area contributed by atoms with E-state index < -0.39 is 0 Å². The van der Waals surface area contributed by atoms with Crippen molar-refractivity contribution in [1.82, 2.24) is 30.0 Å². The van der Waals surface area contributed by atoms with E-state index in [0.29, 0.717) is 18.1 Å². The predicted octanol–water partition coefficient (Wildman–Crippen LogP) is 1.59. The fourth-order valence-corrected chi connectivity index (χ4v) is 3.27. The van der Waals surface area contributed by atoms with Crippen molar-refractivity contribution in [3.8, 4) is 11.3 Å². The van der Waals surface area contributed by atoms with E-state index in [0.717, 1.165) is 29.8 Å².